The van der Waals surface area contributed by atoms with E-state index < -0.39 is 97.5 Å². The number of hydrogen-bond donors (Lipinski definition) is 3. The molecular weight excluding hydrogens is 1260 g/mol. The molecule has 0 aliphatic carbocycles. The Morgan fingerprint density at radius 2 is 0.510 bits per heavy atom. The molecule has 96 heavy (non-hydrogen) atoms. The van der Waals surface area contributed by atoms with E-state index in [2.05, 4.69) is 88.5 Å². The summed E-state index contributed by atoms with van der Waals surface area (Å²) in [5.41, 5.74) is 0. The normalized spacial score (nSPS) is 14.3. The molecule has 0 aliphatic heterocycles. The van der Waals surface area contributed by atoms with Gasteiger partial charge in [-0.1, -0.05) is 288 Å². The number of aliphatic hydroxyl groups is 1. The van der Waals surface area contributed by atoms with Gasteiger partial charge in [-0.3, -0.25) is 37.3 Å². The molecule has 0 fully saturated rings. The lowest BCUT2D eigenvalue weighted by Gasteiger charge is -2.21. The summed E-state index contributed by atoms with van der Waals surface area (Å²) in [4.78, 5) is 72.7. The van der Waals surface area contributed by atoms with Gasteiger partial charge in [-0.15, -0.1) is 0 Å². The predicted molar refractivity (Wildman–Crippen MR) is 390 cm³/mol. The smallest absolute Gasteiger partial charge is 0.462 e. The molecule has 0 aliphatic rings. The van der Waals surface area contributed by atoms with Crippen LogP contribution in [0, 0.1) is 0 Å². The minimum atomic E-state index is -4.97. The van der Waals surface area contributed by atoms with Crippen molar-refractivity contribution in [2.75, 3.05) is 39.6 Å². The fourth-order valence-corrected chi connectivity index (χ4v) is 12.1. The zero-order valence-electron chi connectivity index (χ0n) is 61.1. The Bertz CT molecular complexity index is 2060. The van der Waals surface area contributed by atoms with Gasteiger partial charge in [-0.05, 0) is 96.3 Å². The van der Waals surface area contributed by atoms with Crippen LogP contribution >= 0.6 is 15.6 Å². The van der Waals surface area contributed by atoms with Gasteiger partial charge in [0.25, 0.3) is 0 Å². The van der Waals surface area contributed by atoms with Crippen LogP contribution in [0.5, 0.6) is 0 Å². The Morgan fingerprint density at radius 3 is 0.802 bits per heavy atom. The molecule has 0 rings (SSSR count). The van der Waals surface area contributed by atoms with Crippen LogP contribution in [-0.2, 0) is 65.4 Å². The van der Waals surface area contributed by atoms with Gasteiger partial charge >= 0.3 is 39.5 Å². The fourth-order valence-electron chi connectivity index (χ4n) is 10.6. The summed E-state index contributed by atoms with van der Waals surface area (Å²) >= 11 is 0. The molecule has 19 heteroatoms. The van der Waals surface area contributed by atoms with Crippen LogP contribution in [-0.4, -0.2) is 96.7 Å². The van der Waals surface area contributed by atoms with Gasteiger partial charge in [0, 0.05) is 25.7 Å². The van der Waals surface area contributed by atoms with E-state index in [0.29, 0.717) is 25.7 Å². The molecule has 5 atom stereocenters. The van der Waals surface area contributed by atoms with Crippen LogP contribution < -0.4 is 0 Å². The third-order valence-corrected chi connectivity index (χ3v) is 18.4. The zero-order chi connectivity index (χ0) is 70.4. The average molecular weight is 1400 g/mol. The second-order valence-corrected chi connectivity index (χ2v) is 28.9. The van der Waals surface area contributed by atoms with E-state index in [1.807, 2.05) is 0 Å². The van der Waals surface area contributed by atoms with Crippen LogP contribution in [0.25, 0.3) is 0 Å². The second-order valence-electron chi connectivity index (χ2n) is 26.0. The van der Waals surface area contributed by atoms with Crippen molar-refractivity contribution >= 4 is 39.5 Å². The van der Waals surface area contributed by atoms with E-state index in [1.54, 1.807) is 0 Å². The summed E-state index contributed by atoms with van der Waals surface area (Å²) in [6, 6.07) is 0. The van der Waals surface area contributed by atoms with Crippen LogP contribution in [0.3, 0.4) is 0 Å². The highest BCUT2D eigenvalue weighted by molar-refractivity contribution is 7.47. The number of phosphoric acid groups is 2. The monoisotopic (exact) mass is 1400 g/mol. The molecule has 0 aromatic carbocycles. The first-order chi connectivity index (χ1) is 46.7. The van der Waals surface area contributed by atoms with Crippen LogP contribution in [0.1, 0.15) is 349 Å². The molecule has 0 bridgehead atoms. The van der Waals surface area contributed by atoms with Gasteiger partial charge < -0.3 is 33.8 Å². The third-order valence-electron chi connectivity index (χ3n) is 16.5. The van der Waals surface area contributed by atoms with Gasteiger partial charge in [-0.25, -0.2) is 9.13 Å². The first-order valence-corrected chi connectivity index (χ1v) is 41.5. The summed E-state index contributed by atoms with van der Waals surface area (Å²) in [6.45, 7) is 4.82. The number of ether oxygens (including phenoxy) is 4. The molecule has 560 valence electrons. The molecule has 5 unspecified atom stereocenters. The lowest BCUT2D eigenvalue weighted by Crippen LogP contribution is -2.30. The summed E-state index contributed by atoms with van der Waals surface area (Å²) in [5, 5.41) is 10.6. The van der Waals surface area contributed by atoms with Crippen LogP contribution in [0.15, 0.2) is 60.8 Å². The molecule has 0 saturated carbocycles. The Kier molecular flexibility index (Phi) is 67.8. The van der Waals surface area contributed by atoms with E-state index in [1.165, 1.54) is 122 Å². The van der Waals surface area contributed by atoms with Gasteiger partial charge in [0.2, 0.25) is 0 Å². The van der Waals surface area contributed by atoms with E-state index in [0.717, 1.165) is 148 Å². The van der Waals surface area contributed by atoms with E-state index in [-0.39, 0.29) is 25.7 Å². The highest BCUT2D eigenvalue weighted by atomic mass is 31.2. The summed E-state index contributed by atoms with van der Waals surface area (Å²) < 4.78 is 68.4. The van der Waals surface area contributed by atoms with Gasteiger partial charge in [0.1, 0.15) is 19.3 Å². The number of hydrogen-bond acceptors (Lipinski definition) is 15. The molecule has 0 radical (unpaired) electrons. The molecule has 3 N–H and O–H groups in total. The lowest BCUT2D eigenvalue weighted by atomic mass is 10.1. The van der Waals surface area contributed by atoms with Gasteiger partial charge in [0.05, 0.1) is 26.4 Å². The maximum atomic E-state index is 13.1. The minimum absolute atomic E-state index is 0.0794. The number of esters is 4. The number of aliphatic hydroxyl groups excluding tert-OH is 1. The Labute approximate surface area is 584 Å². The molecule has 0 amide bonds. The van der Waals surface area contributed by atoms with E-state index in [9.17, 15) is 43.2 Å². The van der Waals surface area contributed by atoms with Crippen molar-refractivity contribution < 1.29 is 80.2 Å². The molecule has 0 saturated heterocycles. The number of carbonyl (C=O) groups excluding carboxylic acids is 4. The Morgan fingerprint density at radius 1 is 0.292 bits per heavy atom. The first kappa shape index (κ1) is 92.8. The third kappa shape index (κ3) is 69.2. The Hall–Kier alpha value is -3.24. The highest BCUT2D eigenvalue weighted by Gasteiger charge is 2.30. The zero-order valence-corrected chi connectivity index (χ0v) is 62.8. The largest absolute Gasteiger partial charge is 0.472 e. The quantitative estimate of drug-likeness (QED) is 0.0169. The summed E-state index contributed by atoms with van der Waals surface area (Å²) in [7, 11) is -9.93. The standard InChI is InChI=1S/C77H140O17P2/c1-5-9-13-17-21-25-29-31-33-34-35-36-38-39-43-46-50-54-58-62-75(80)88-68-73(94-77(82)64-60-56-52-48-44-40-37-32-30-26-22-18-14-10-6-2)70-92-96(85,86)90-66-71(78)65-89-95(83,84)91-69-72(93-76(81)63-59-55-51-47-42-28-24-20-16-12-8-4)67-87-74(79)61-57-53-49-45-41-27-23-19-15-11-7-3/h21-22,25-26,31-33,35-37,71-73,78H,5-20,23-24,27-30,34,38-70H2,1-4H3,(H,83,84)(H,85,86)/b25-21-,26-22-,33-31-,36-35-,37-32-. The van der Waals surface area contributed by atoms with Crippen molar-refractivity contribution in [2.24, 2.45) is 0 Å². The second kappa shape index (κ2) is 70.2. The molecular formula is C77H140O17P2. The lowest BCUT2D eigenvalue weighted by molar-refractivity contribution is -0.161. The number of carbonyl (C=O) groups is 4. The highest BCUT2D eigenvalue weighted by Crippen LogP contribution is 2.45. The van der Waals surface area contributed by atoms with E-state index >= 15 is 0 Å². The van der Waals surface area contributed by atoms with Crippen molar-refractivity contribution in [1.29, 1.82) is 0 Å². The summed E-state index contributed by atoms with van der Waals surface area (Å²) in [5.74, 6) is -2.17. The molecule has 0 heterocycles. The van der Waals surface area contributed by atoms with Crippen molar-refractivity contribution in [3.63, 3.8) is 0 Å². The van der Waals surface area contributed by atoms with Gasteiger partial charge in [-0.2, -0.15) is 0 Å². The average Bonchev–Trinajstić information content (AvgIpc) is 1.41. The predicted octanol–water partition coefficient (Wildman–Crippen LogP) is 21.9. The summed E-state index contributed by atoms with van der Waals surface area (Å²) in [6.07, 6.45) is 67.8. The Balaban J connectivity index is 5.30. The minimum Gasteiger partial charge on any atom is -0.462 e. The first-order valence-electron chi connectivity index (χ1n) is 38.5. The molecule has 0 aromatic heterocycles. The number of unbranched alkanes of at least 4 members (excludes halogenated alkanes) is 37. The molecule has 17 nitrogen and oxygen atoms in total. The number of rotatable bonds is 73. The van der Waals surface area contributed by atoms with Crippen molar-refractivity contribution in [2.45, 2.75) is 367 Å². The van der Waals surface area contributed by atoms with Gasteiger partial charge in [0.15, 0.2) is 12.2 Å². The number of allylic oxidation sites excluding steroid dienone is 10. The molecule has 0 aromatic rings. The maximum absolute atomic E-state index is 13.1. The van der Waals surface area contributed by atoms with Crippen LogP contribution in [0.2, 0.25) is 0 Å². The number of phosphoric ester groups is 2. The van der Waals surface area contributed by atoms with Crippen LogP contribution in [0.4, 0.5) is 0 Å². The SMILES string of the molecule is CCCCC/C=C\C/C=C\C/C=C\CCCCCCCCC(=O)OCC(COP(=O)(O)OCC(O)COP(=O)(O)OCC(COC(=O)CCCCCCCCCCCCC)OC(=O)CCCCCCCCCCCCC)OC(=O)CCCCCCC/C=C\C/C=C\CCCCC. The van der Waals surface area contributed by atoms with Crippen molar-refractivity contribution in [3.05, 3.63) is 60.8 Å². The molecule has 0 spiro atoms. The topological polar surface area (TPSA) is 237 Å². The van der Waals surface area contributed by atoms with E-state index in [4.69, 9.17) is 37.0 Å². The van der Waals surface area contributed by atoms with Crippen molar-refractivity contribution in [1.82, 2.24) is 0 Å². The fraction of sp³-hybridized carbons (Fsp3) is 0.818. The maximum Gasteiger partial charge on any atom is 0.472 e. The van der Waals surface area contributed by atoms with Crippen molar-refractivity contribution in [3.8, 4) is 0 Å².